The molecule has 96 heavy (non-hydrogen) atoms. The van der Waals surface area contributed by atoms with E-state index in [1.807, 2.05) is 27.7 Å². The van der Waals surface area contributed by atoms with E-state index in [9.17, 15) is 58.8 Å². The number of nitrogens with one attached hydrogen (secondary N) is 6. The molecule has 530 valence electrons. The third-order valence-corrected chi connectivity index (χ3v) is 15.0. The summed E-state index contributed by atoms with van der Waals surface area (Å²) in [4.78, 5) is 102. The third-order valence-electron chi connectivity index (χ3n) is 15.0. The van der Waals surface area contributed by atoms with Gasteiger partial charge in [-0.3, -0.25) is 19.2 Å². The normalized spacial score (nSPS) is 13.2. The van der Waals surface area contributed by atoms with Crippen molar-refractivity contribution in [2.24, 2.45) is 0 Å². The fourth-order valence-electron chi connectivity index (χ4n) is 9.56. The molecule has 4 atom stereocenters. The van der Waals surface area contributed by atoms with Crippen LogP contribution in [0.1, 0.15) is 210 Å². The molecule has 0 saturated heterocycles. The van der Waals surface area contributed by atoms with Gasteiger partial charge in [0.25, 0.3) is 0 Å². The van der Waals surface area contributed by atoms with Crippen LogP contribution in [0.15, 0.2) is 97.1 Å². The number of ketones is 4. The number of aliphatic hydroxyl groups is 4. The molecular formula is C72H104N6O18. The summed E-state index contributed by atoms with van der Waals surface area (Å²) in [5.41, 5.74) is -2.91. The van der Waals surface area contributed by atoms with Gasteiger partial charge < -0.3 is 80.7 Å². The highest BCUT2D eigenvalue weighted by Crippen LogP contribution is 2.31. The van der Waals surface area contributed by atoms with Gasteiger partial charge in [0.05, 0.1) is 63.9 Å². The van der Waals surface area contributed by atoms with E-state index in [2.05, 4.69) is 31.9 Å². The summed E-state index contributed by atoms with van der Waals surface area (Å²) in [5, 5.41) is 57.8. The largest absolute Gasteiger partial charge is 0.436 e. The van der Waals surface area contributed by atoms with Gasteiger partial charge in [-0.2, -0.15) is 0 Å². The zero-order valence-electron chi connectivity index (χ0n) is 57.9. The van der Waals surface area contributed by atoms with Gasteiger partial charge in [-0.1, -0.05) is 123 Å². The van der Waals surface area contributed by atoms with Crippen molar-refractivity contribution >= 4 is 47.4 Å². The van der Waals surface area contributed by atoms with Gasteiger partial charge in [0.2, 0.25) is 0 Å². The van der Waals surface area contributed by atoms with Crippen LogP contribution in [0.25, 0.3) is 0 Å². The Morgan fingerprint density at radius 3 is 0.917 bits per heavy atom. The minimum atomic E-state index is -1.57. The second-order valence-corrected chi connectivity index (χ2v) is 26.3. The maximum Gasteiger partial charge on any atom is 0.408 e. The van der Waals surface area contributed by atoms with Crippen molar-refractivity contribution in [2.45, 2.75) is 193 Å². The van der Waals surface area contributed by atoms with Crippen molar-refractivity contribution in [3.05, 3.63) is 142 Å². The maximum absolute atomic E-state index is 13.1. The number of hydrogen-bond donors (Lipinski definition) is 10. The average molecular weight is 1340 g/mol. The summed E-state index contributed by atoms with van der Waals surface area (Å²) >= 11 is 0. The van der Waals surface area contributed by atoms with E-state index in [1.165, 1.54) is 55.4 Å². The van der Waals surface area contributed by atoms with Gasteiger partial charge in [-0.15, -0.1) is 0 Å². The molecule has 0 heterocycles. The molecule has 0 saturated carbocycles. The van der Waals surface area contributed by atoms with Crippen LogP contribution < -0.4 is 31.9 Å². The maximum atomic E-state index is 13.1. The molecule has 0 fully saturated rings. The SMILES string of the molecule is CC(COCCOCC(C)OCC(C)OCC(C)NC(=O)NCCCCCCNC(=O)OC(c1ccc(C(=O)C(C)(C)O)cc1)c1ccc(C(=O)C(C)(C)O)cc1)NC(=O)NCCCCCCNC(=O)OC(c1ccc(C(=O)C(C)(C)O)cc1)c1ccc(C(=O)C(C)(C)O)cc1. The topological polar surface area (TPSA) is 345 Å². The minimum Gasteiger partial charge on any atom is -0.436 e. The van der Waals surface area contributed by atoms with Crippen LogP contribution in [0.3, 0.4) is 0 Å². The van der Waals surface area contributed by atoms with Crippen LogP contribution in [0.2, 0.25) is 0 Å². The third kappa shape index (κ3) is 29.8. The predicted molar refractivity (Wildman–Crippen MR) is 362 cm³/mol. The van der Waals surface area contributed by atoms with Gasteiger partial charge in [0, 0.05) is 48.4 Å². The first-order chi connectivity index (χ1) is 45.1. The Labute approximate surface area is 565 Å². The molecule has 4 unspecified atom stereocenters. The summed E-state index contributed by atoms with van der Waals surface area (Å²) in [6.07, 6.45) is 2.37. The number of hydrogen-bond acceptors (Lipinski definition) is 18. The summed E-state index contributed by atoms with van der Waals surface area (Å²) in [6.45, 7) is 22.2. The monoisotopic (exact) mass is 1340 g/mol. The lowest BCUT2D eigenvalue weighted by Gasteiger charge is -2.21. The van der Waals surface area contributed by atoms with Crippen molar-refractivity contribution in [3.8, 4) is 0 Å². The van der Waals surface area contributed by atoms with Crippen molar-refractivity contribution < 1.29 is 87.2 Å². The molecule has 4 rings (SSSR count). The van der Waals surface area contributed by atoms with E-state index in [0.717, 1.165) is 38.5 Å². The fourth-order valence-corrected chi connectivity index (χ4v) is 9.56. The number of amides is 6. The molecule has 6 amide bonds. The first-order valence-electron chi connectivity index (χ1n) is 33.0. The van der Waals surface area contributed by atoms with Crippen LogP contribution in [-0.4, -0.2) is 180 Å². The van der Waals surface area contributed by atoms with Crippen LogP contribution in [0.5, 0.6) is 0 Å². The number of carbonyl (C=O) groups is 8. The number of unbranched alkanes of at least 4 members (excludes halogenated alkanes) is 6. The van der Waals surface area contributed by atoms with Gasteiger partial charge in [-0.05, 0) is 131 Å². The Morgan fingerprint density at radius 1 is 0.354 bits per heavy atom. The minimum absolute atomic E-state index is 0.211. The van der Waals surface area contributed by atoms with Crippen molar-refractivity contribution in [1.82, 2.24) is 31.9 Å². The molecule has 24 heteroatoms. The lowest BCUT2D eigenvalue weighted by molar-refractivity contribution is -0.0644. The van der Waals surface area contributed by atoms with Gasteiger partial charge in [-0.25, -0.2) is 19.2 Å². The van der Waals surface area contributed by atoms with E-state index in [1.54, 1.807) is 97.1 Å². The van der Waals surface area contributed by atoms with E-state index >= 15 is 0 Å². The summed E-state index contributed by atoms with van der Waals surface area (Å²) in [5.74, 6) is -1.86. The first-order valence-corrected chi connectivity index (χ1v) is 33.0. The Balaban J connectivity index is 0.986. The van der Waals surface area contributed by atoms with Crippen LogP contribution in [0.4, 0.5) is 19.2 Å². The summed E-state index contributed by atoms with van der Waals surface area (Å²) < 4.78 is 34.9. The standard InChI is InChI=1S/C72H104N6O18/c1-47(77-65(83)73-37-17-13-15-19-39-75-67(85)95-59(51-21-29-55(30-22-51)61(79)69(5,6)87)52-23-31-56(32-24-52)62(80)70(7,8)88)43-91-41-42-92-45-49(3)94-46-50(4)93-44-48(2)78-66(84)74-38-18-14-16-20-40-76-68(86)96-60(53-25-33-57(34-26-53)63(81)71(9,10)89)54-27-35-58(36-28-54)64(82)72(11,12)90/h21-36,47-50,59-60,87-90H,13-20,37-46H2,1-12H3,(H,75,85)(H,76,86)(H2,73,77,83)(H2,74,78,84). The highest BCUT2D eigenvalue weighted by Gasteiger charge is 2.31. The number of carbonyl (C=O) groups excluding carboxylic acids is 8. The molecule has 4 aromatic rings. The molecule has 0 aliphatic rings. The lowest BCUT2D eigenvalue weighted by Crippen LogP contribution is -2.43. The Morgan fingerprint density at radius 2 is 0.615 bits per heavy atom. The predicted octanol–water partition coefficient (Wildman–Crippen LogP) is 9.17. The van der Waals surface area contributed by atoms with Gasteiger partial charge in [0.15, 0.2) is 35.3 Å². The molecule has 24 nitrogen and oxygen atoms in total. The molecule has 0 spiro atoms. The summed E-state index contributed by atoms with van der Waals surface area (Å²) in [6, 6.07) is 24.4. The van der Waals surface area contributed by atoms with E-state index in [0.29, 0.717) is 87.7 Å². The van der Waals surface area contributed by atoms with E-state index in [4.69, 9.17) is 28.4 Å². The molecule has 0 aliphatic carbocycles. The van der Waals surface area contributed by atoms with Gasteiger partial charge >= 0.3 is 24.2 Å². The molecule has 4 aromatic carbocycles. The van der Waals surface area contributed by atoms with Crippen molar-refractivity contribution in [3.63, 3.8) is 0 Å². The molecular weight excluding hydrogens is 1240 g/mol. The molecule has 0 bridgehead atoms. The summed E-state index contributed by atoms with van der Waals surface area (Å²) in [7, 11) is 0. The number of ether oxygens (including phenoxy) is 6. The van der Waals surface area contributed by atoms with Crippen molar-refractivity contribution in [2.75, 3.05) is 65.8 Å². The molecule has 0 aromatic heterocycles. The molecule has 0 aliphatic heterocycles. The number of alkyl carbamates (subject to hydrolysis) is 2. The Bertz CT molecular complexity index is 2940. The average Bonchev–Trinajstić information content (AvgIpc) is 0.827. The Hall–Kier alpha value is -7.68. The quantitative estimate of drug-likeness (QED) is 0.0146. The lowest BCUT2D eigenvalue weighted by atomic mass is 9.92. The van der Waals surface area contributed by atoms with Crippen LogP contribution >= 0.6 is 0 Å². The van der Waals surface area contributed by atoms with Crippen LogP contribution in [0, 0.1) is 0 Å². The smallest absolute Gasteiger partial charge is 0.408 e. The van der Waals surface area contributed by atoms with Crippen molar-refractivity contribution in [1.29, 1.82) is 0 Å². The van der Waals surface area contributed by atoms with Crippen LogP contribution in [-0.2, 0) is 28.4 Å². The number of urea groups is 2. The zero-order chi connectivity index (χ0) is 71.2. The number of benzene rings is 4. The number of Topliss-reactive ketones (excluding diaryl/α,β-unsaturated/α-hetero) is 4. The number of rotatable bonds is 43. The first kappa shape index (κ1) is 80.8. The fraction of sp³-hybridized carbons (Fsp3) is 0.556. The van der Waals surface area contributed by atoms with E-state index < -0.39 is 69.9 Å². The molecule has 0 radical (unpaired) electrons. The highest BCUT2D eigenvalue weighted by molar-refractivity contribution is 6.03. The zero-order valence-corrected chi connectivity index (χ0v) is 57.9. The Kier molecular flexibility index (Phi) is 33.2. The van der Waals surface area contributed by atoms with E-state index in [-0.39, 0.29) is 71.8 Å². The second-order valence-electron chi connectivity index (χ2n) is 26.3. The highest BCUT2D eigenvalue weighted by atomic mass is 16.6. The van der Waals surface area contributed by atoms with Gasteiger partial charge in [0.1, 0.15) is 22.4 Å². The second kappa shape index (κ2) is 39.5. The molecule has 10 N–H and O–H groups in total.